The first kappa shape index (κ1) is 14.8. The molecule has 0 saturated carbocycles. The van der Waals surface area contributed by atoms with Crippen molar-refractivity contribution in [3.05, 3.63) is 58.3 Å². The molecule has 0 saturated heterocycles. The molecule has 1 atom stereocenters. The number of hydrogen-bond acceptors (Lipinski definition) is 3. The fourth-order valence-electron chi connectivity index (χ4n) is 2.01. The zero-order valence-corrected chi connectivity index (χ0v) is 12.5. The van der Waals surface area contributed by atoms with Crippen molar-refractivity contribution in [2.45, 2.75) is 19.4 Å². The van der Waals surface area contributed by atoms with Crippen molar-refractivity contribution in [3.8, 4) is 0 Å². The SMILES string of the molecule is CCCNC(=O)CN[C@@H](c1ccccc1)c1cccs1. The smallest absolute Gasteiger partial charge is 0.233 e. The largest absolute Gasteiger partial charge is 0.355 e. The standard InChI is InChI=1S/C16H20N2OS/c1-2-10-17-15(19)12-18-16(14-9-6-11-20-14)13-7-4-3-5-8-13/h3-9,11,16,18H,2,10,12H2,1H3,(H,17,19)/t16-/m0/s1. The van der Waals surface area contributed by atoms with Crippen LogP contribution in [0.4, 0.5) is 0 Å². The highest BCUT2D eigenvalue weighted by molar-refractivity contribution is 7.10. The lowest BCUT2D eigenvalue weighted by atomic mass is 10.1. The summed E-state index contributed by atoms with van der Waals surface area (Å²) in [6.45, 7) is 3.11. The number of thiophene rings is 1. The van der Waals surface area contributed by atoms with Gasteiger partial charge in [-0.3, -0.25) is 10.1 Å². The number of amides is 1. The minimum Gasteiger partial charge on any atom is -0.355 e. The number of rotatable bonds is 7. The van der Waals surface area contributed by atoms with Crippen LogP contribution in [0, 0.1) is 0 Å². The molecule has 2 aromatic rings. The molecule has 0 spiro atoms. The summed E-state index contributed by atoms with van der Waals surface area (Å²) in [6, 6.07) is 14.4. The Morgan fingerprint density at radius 1 is 1.20 bits per heavy atom. The highest BCUT2D eigenvalue weighted by Crippen LogP contribution is 2.25. The Morgan fingerprint density at radius 2 is 2.00 bits per heavy atom. The van der Waals surface area contributed by atoms with E-state index in [9.17, 15) is 4.79 Å². The quantitative estimate of drug-likeness (QED) is 0.822. The third kappa shape index (κ3) is 4.18. The van der Waals surface area contributed by atoms with Crippen molar-refractivity contribution in [1.29, 1.82) is 0 Å². The van der Waals surface area contributed by atoms with Gasteiger partial charge in [-0.05, 0) is 23.4 Å². The Morgan fingerprint density at radius 3 is 2.65 bits per heavy atom. The van der Waals surface area contributed by atoms with Crippen LogP contribution >= 0.6 is 11.3 Å². The van der Waals surface area contributed by atoms with Gasteiger partial charge in [-0.2, -0.15) is 0 Å². The van der Waals surface area contributed by atoms with Crippen LogP contribution in [0.3, 0.4) is 0 Å². The van der Waals surface area contributed by atoms with E-state index in [0.717, 1.165) is 13.0 Å². The minimum atomic E-state index is 0.0457. The lowest BCUT2D eigenvalue weighted by Crippen LogP contribution is -2.36. The third-order valence-corrected chi connectivity index (χ3v) is 3.94. The molecule has 1 aromatic heterocycles. The summed E-state index contributed by atoms with van der Waals surface area (Å²) in [7, 11) is 0. The normalized spacial score (nSPS) is 12.1. The lowest BCUT2D eigenvalue weighted by Gasteiger charge is -2.17. The van der Waals surface area contributed by atoms with E-state index in [1.807, 2.05) is 31.2 Å². The number of benzene rings is 1. The Kier molecular flexibility index (Phi) is 5.77. The van der Waals surface area contributed by atoms with Crippen LogP contribution in [0.25, 0.3) is 0 Å². The van der Waals surface area contributed by atoms with Crippen molar-refractivity contribution in [2.24, 2.45) is 0 Å². The highest BCUT2D eigenvalue weighted by Gasteiger charge is 2.15. The Labute approximate surface area is 124 Å². The molecule has 0 aliphatic heterocycles. The van der Waals surface area contributed by atoms with Crippen molar-refractivity contribution in [3.63, 3.8) is 0 Å². The van der Waals surface area contributed by atoms with Crippen LogP contribution in [0.15, 0.2) is 47.8 Å². The van der Waals surface area contributed by atoms with Gasteiger partial charge in [-0.25, -0.2) is 0 Å². The second-order valence-corrected chi connectivity index (χ2v) is 5.57. The third-order valence-electron chi connectivity index (χ3n) is 3.00. The molecule has 3 nitrogen and oxygen atoms in total. The molecule has 0 bridgehead atoms. The maximum Gasteiger partial charge on any atom is 0.233 e. The van der Waals surface area contributed by atoms with Gasteiger partial charge in [0.2, 0.25) is 5.91 Å². The molecular weight excluding hydrogens is 268 g/mol. The topological polar surface area (TPSA) is 41.1 Å². The maximum absolute atomic E-state index is 11.7. The van der Waals surface area contributed by atoms with Gasteiger partial charge in [-0.15, -0.1) is 11.3 Å². The van der Waals surface area contributed by atoms with E-state index in [1.165, 1.54) is 10.4 Å². The van der Waals surface area contributed by atoms with Gasteiger partial charge in [0.05, 0.1) is 12.6 Å². The molecular formula is C16H20N2OS. The van der Waals surface area contributed by atoms with Crippen LogP contribution in [-0.2, 0) is 4.79 Å². The molecule has 1 amide bonds. The molecule has 0 radical (unpaired) electrons. The highest BCUT2D eigenvalue weighted by atomic mass is 32.1. The van der Waals surface area contributed by atoms with Crippen molar-refractivity contribution in [1.82, 2.24) is 10.6 Å². The molecule has 0 unspecified atom stereocenters. The van der Waals surface area contributed by atoms with Crippen LogP contribution < -0.4 is 10.6 Å². The van der Waals surface area contributed by atoms with Gasteiger partial charge in [0.15, 0.2) is 0 Å². The van der Waals surface area contributed by atoms with Crippen LogP contribution in [-0.4, -0.2) is 19.0 Å². The van der Waals surface area contributed by atoms with Gasteiger partial charge in [-0.1, -0.05) is 43.3 Å². The second-order valence-electron chi connectivity index (χ2n) is 4.59. The Balaban J connectivity index is 2.03. The average molecular weight is 288 g/mol. The lowest BCUT2D eigenvalue weighted by molar-refractivity contribution is -0.120. The molecule has 20 heavy (non-hydrogen) atoms. The average Bonchev–Trinajstić information content (AvgIpc) is 3.00. The monoisotopic (exact) mass is 288 g/mol. The summed E-state index contributed by atoms with van der Waals surface area (Å²) in [5.74, 6) is 0.0457. The summed E-state index contributed by atoms with van der Waals surface area (Å²) in [4.78, 5) is 13.0. The summed E-state index contributed by atoms with van der Waals surface area (Å²) in [5.41, 5.74) is 1.18. The molecule has 0 aliphatic rings. The first-order valence-electron chi connectivity index (χ1n) is 6.89. The predicted octanol–water partition coefficient (Wildman–Crippen LogP) is 2.95. The number of carbonyl (C=O) groups excluding carboxylic acids is 1. The second kappa shape index (κ2) is 7.82. The fraction of sp³-hybridized carbons (Fsp3) is 0.312. The summed E-state index contributed by atoms with van der Waals surface area (Å²) in [5, 5.41) is 8.29. The summed E-state index contributed by atoms with van der Waals surface area (Å²) in [6.07, 6.45) is 0.957. The summed E-state index contributed by atoms with van der Waals surface area (Å²) < 4.78 is 0. The predicted molar refractivity (Wildman–Crippen MR) is 83.9 cm³/mol. The molecule has 4 heteroatoms. The molecule has 1 heterocycles. The number of nitrogens with one attached hydrogen (secondary N) is 2. The van der Waals surface area contributed by atoms with E-state index in [-0.39, 0.29) is 11.9 Å². The first-order valence-corrected chi connectivity index (χ1v) is 7.77. The van der Waals surface area contributed by atoms with Crippen molar-refractivity contribution in [2.75, 3.05) is 13.1 Å². The van der Waals surface area contributed by atoms with E-state index in [4.69, 9.17) is 0 Å². The van der Waals surface area contributed by atoms with Crippen LogP contribution in [0.1, 0.15) is 29.8 Å². The molecule has 2 N–H and O–H groups in total. The molecule has 106 valence electrons. The van der Waals surface area contributed by atoms with Gasteiger partial charge in [0.1, 0.15) is 0 Å². The van der Waals surface area contributed by atoms with Gasteiger partial charge >= 0.3 is 0 Å². The molecule has 2 rings (SSSR count). The molecule has 0 fully saturated rings. The van der Waals surface area contributed by atoms with E-state index < -0.39 is 0 Å². The van der Waals surface area contributed by atoms with Gasteiger partial charge < -0.3 is 5.32 Å². The Hall–Kier alpha value is -1.65. The molecule has 0 aliphatic carbocycles. The van der Waals surface area contributed by atoms with Crippen molar-refractivity contribution < 1.29 is 4.79 Å². The van der Waals surface area contributed by atoms with Gasteiger partial charge in [0.25, 0.3) is 0 Å². The number of carbonyl (C=O) groups is 1. The fourth-order valence-corrected chi connectivity index (χ4v) is 2.83. The van der Waals surface area contributed by atoms with E-state index in [1.54, 1.807) is 11.3 Å². The first-order chi connectivity index (χ1) is 9.81. The zero-order valence-electron chi connectivity index (χ0n) is 11.6. The van der Waals surface area contributed by atoms with E-state index >= 15 is 0 Å². The van der Waals surface area contributed by atoms with Crippen molar-refractivity contribution >= 4 is 17.2 Å². The summed E-state index contributed by atoms with van der Waals surface area (Å²) >= 11 is 1.70. The zero-order chi connectivity index (χ0) is 14.2. The maximum atomic E-state index is 11.7. The van der Waals surface area contributed by atoms with Crippen LogP contribution in [0.5, 0.6) is 0 Å². The number of hydrogen-bond donors (Lipinski definition) is 2. The van der Waals surface area contributed by atoms with Crippen LogP contribution in [0.2, 0.25) is 0 Å². The van der Waals surface area contributed by atoms with E-state index in [2.05, 4.69) is 34.2 Å². The van der Waals surface area contributed by atoms with Gasteiger partial charge in [0, 0.05) is 11.4 Å². The Bertz CT molecular complexity index is 511. The van der Waals surface area contributed by atoms with E-state index in [0.29, 0.717) is 6.54 Å². The molecule has 1 aromatic carbocycles. The minimum absolute atomic E-state index is 0.0457.